The summed E-state index contributed by atoms with van der Waals surface area (Å²) in [5.41, 5.74) is 5.03. The maximum atomic E-state index is 12.2. The van der Waals surface area contributed by atoms with Crippen molar-refractivity contribution in [2.45, 2.75) is 43.8 Å². The first-order valence-electron chi connectivity index (χ1n) is 6.52. The summed E-state index contributed by atoms with van der Waals surface area (Å²) >= 11 is 0. The van der Waals surface area contributed by atoms with Crippen molar-refractivity contribution in [3.63, 3.8) is 0 Å². The topological polar surface area (TPSA) is 75.4 Å². The molecule has 3 N–H and O–H groups in total. The zero-order valence-electron chi connectivity index (χ0n) is 11.4. The van der Waals surface area contributed by atoms with Gasteiger partial charge >= 0.3 is 6.18 Å². The average Bonchev–Trinajstić information content (AvgIpc) is 2.35. The van der Waals surface area contributed by atoms with Gasteiger partial charge in [0, 0.05) is 7.05 Å². The molecule has 0 atom stereocenters. The molecule has 0 saturated heterocycles. The predicted molar refractivity (Wildman–Crippen MR) is 66.7 cm³/mol. The highest BCUT2D eigenvalue weighted by Gasteiger charge is 2.37. The van der Waals surface area contributed by atoms with Crippen LogP contribution in [0.15, 0.2) is 0 Å². The van der Waals surface area contributed by atoms with Crippen LogP contribution in [0, 0.1) is 0 Å². The number of alkyl halides is 3. The number of likely N-dealkylation sites (N-methyl/N-ethyl adjacent to an activating group) is 1. The third kappa shape index (κ3) is 4.99. The Kier molecular flexibility index (Phi) is 5.38. The van der Waals surface area contributed by atoms with Gasteiger partial charge in [0.25, 0.3) is 0 Å². The number of hydrogen-bond donors (Lipinski definition) is 2. The summed E-state index contributed by atoms with van der Waals surface area (Å²) in [5, 5.41) is 1.73. The van der Waals surface area contributed by atoms with Crippen LogP contribution in [-0.2, 0) is 9.59 Å². The highest BCUT2D eigenvalue weighted by Crippen LogP contribution is 2.27. The van der Waals surface area contributed by atoms with Crippen LogP contribution in [0.3, 0.4) is 0 Å². The van der Waals surface area contributed by atoms with Gasteiger partial charge in [0.05, 0.1) is 12.1 Å². The molecule has 0 aliphatic heterocycles. The van der Waals surface area contributed by atoms with Gasteiger partial charge in [-0.2, -0.15) is 13.2 Å². The van der Waals surface area contributed by atoms with E-state index in [9.17, 15) is 22.8 Å². The smallest absolute Gasteiger partial charge is 0.345 e. The quantitative estimate of drug-likeness (QED) is 0.805. The highest BCUT2D eigenvalue weighted by molar-refractivity contribution is 5.90. The fraction of sp³-hybridized carbons (Fsp3) is 0.833. The Morgan fingerprint density at radius 3 is 2.30 bits per heavy atom. The molecule has 116 valence electrons. The largest absolute Gasteiger partial charge is 0.405 e. The van der Waals surface area contributed by atoms with Crippen LogP contribution in [0.25, 0.3) is 0 Å². The predicted octanol–water partition coefficient (Wildman–Crippen LogP) is 0.785. The summed E-state index contributed by atoms with van der Waals surface area (Å²) in [5.74, 6) is -1.24. The molecule has 1 fully saturated rings. The molecule has 8 heteroatoms. The Hall–Kier alpha value is -1.31. The van der Waals surface area contributed by atoms with Gasteiger partial charge in [0.2, 0.25) is 11.8 Å². The van der Waals surface area contributed by atoms with Gasteiger partial charge in [-0.3, -0.25) is 9.59 Å². The number of halogens is 3. The van der Waals surface area contributed by atoms with Crippen molar-refractivity contribution < 1.29 is 22.8 Å². The van der Waals surface area contributed by atoms with Crippen LogP contribution in [0.2, 0.25) is 0 Å². The number of hydrogen-bond acceptors (Lipinski definition) is 3. The molecule has 0 bridgehead atoms. The Bertz CT molecular complexity index is 365. The lowest BCUT2D eigenvalue weighted by Gasteiger charge is -2.35. The minimum atomic E-state index is -4.46. The number of nitrogens with zero attached hydrogens (tertiary/aromatic N) is 1. The molecule has 1 saturated carbocycles. The molecule has 0 aromatic rings. The molecule has 20 heavy (non-hydrogen) atoms. The van der Waals surface area contributed by atoms with Crippen LogP contribution in [-0.4, -0.2) is 48.6 Å². The van der Waals surface area contributed by atoms with Crippen molar-refractivity contribution in [3.05, 3.63) is 0 Å². The Morgan fingerprint density at radius 2 is 1.80 bits per heavy atom. The molecule has 1 aliphatic carbocycles. The normalized spacial score (nSPS) is 18.4. The van der Waals surface area contributed by atoms with Crippen LogP contribution in [0.5, 0.6) is 0 Å². The first kappa shape index (κ1) is 16.7. The first-order valence-corrected chi connectivity index (χ1v) is 6.52. The molecule has 0 radical (unpaired) electrons. The Balaban J connectivity index is 2.47. The maximum Gasteiger partial charge on any atom is 0.405 e. The molecule has 0 aromatic heterocycles. The lowest BCUT2D eigenvalue weighted by atomic mass is 9.81. The molecule has 0 unspecified atom stereocenters. The van der Waals surface area contributed by atoms with Crippen molar-refractivity contribution in [3.8, 4) is 0 Å². The molecule has 0 spiro atoms. The van der Waals surface area contributed by atoms with E-state index >= 15 is 0 Å². The summed E-state index contributed by atoms with van der Waals surface area (Å²) in [6, 6.07) is 0. The SMILES string of the molecule is CN(CC(=O)NCC(F)(F)F)C(=O)C1(N)CCCCC1. The Morgan fingerprint density at radius 1 is 1.25 bits per heavy atom. The zero-order valence-corrected chi connectivity index (χ0v) is 11.4. The van der Waals surface area contributed by atoms with Crippen LogP contribution in [0.4, 0.5) is 13.2 Å². The average molecular weight is 295 g/mol. The van der Waals surface area contributed by atoms with E-state index in [-0.39, 0.29) is 5.91 Å². The zero-order chi connectivity index (χ0) is 15.4. The standard InChI is InChI=1S/C12H20F3N3O2/c1-18(7-9(19)17-8-12(13,14)15)10(20)11(16)5-3-2-4-6-11/h2-8,16H2,1H3,(H,17,19). The number of carbonyl (C=O) groups is 2. The number of nitrogens with one attached hydrogen (secondary N) is 1. The second-order valence-electron chi connectivity index (χ2n) is 5.27. The van der Waals surface area contributed by atoms with Gasteiger partial charge in [-0.15, -0.1) is 0 Å². The lowest BCUT2D eigenvalue weighted by Crippen LogP contribution is -2.56. The Labute approximate surface area is 115 Å². The number of rotatable bonds is 4. The molecule has 0 heterocycles. The van der Waals surface area contributed by atoms with E-state index in [1.165, 1.54) is 7.05 Å². The van der Waals surface area contributed by atoms with Crippen molar-refractivity contribution in [2.24, 2.45) is 5.73 Å². The van der Waals surface area contributed by atoms with E-state index in [1.54, 1.807) is 5.32 Å². The van der Waals surface area contributed by atoms with Gasteiger partial charge < -0.3 is 16.0 Å². The van der Waals surface area contributed by atoms with Gasteiger partial charge in [0.1, 0.15) is 6.54 Å². The maximum absolute atomic E-state index is 12.2. The second-order valence-corrected chi connectivity index (χ2v) is 5.27. The van der Waals surface area contributed by atoms with Gasteiger partial charge in [-0.25, -0.2) is 0 Å². The molecule has 1 rings (SSSR count). The minimum Gasteiger partial charge on any atom is -0.345 e. The summed E-state index contributed by atoms with van der Waals surface area (Å²) in [4.78, 5) is 24.6. The van der Waals surface area contributed by atoms with E-state index < -0.39 is 30.7 Å². The third-order valence-electron chi connectivity index (χ3n) is 3.39. The minimum absolute atomic E-state index is 0.389. The van der Waals surface area contributed by atoms with Crippen molar-refractivity contribution in [1.29, 1.82) is 0 Å². The van der Waals surface area contributed by atoms with E-state index in [0.29, 0.717) is 12.8 Å². The monoisotopic (exact) mass is 295 g/mol. The van der Waals surface area contributed by atoms with Crippen LogP contribution >= 0.6 is 0 Å². The summed E-state index contributed by atoms with van der Waals surface area (Å²) in [6.07, 6.45) is -0.675. The van der Waals surface area contributed by atoms with Gasteiger partial charge in [0.15, 0.2) is 0 Å². The van der Waals surface area contributed by atoms with E-state index in [4.69, 9.17) is 5.73 Å². The number of amides is 2. The molecule has 0 aromatic carbocycles. The van der Waals surface area contributed by atoms with E-state index in [2.05, 4.69) is 0 Å². The lowest BCUT2D eigenvalue weighted by molar-refractivity contribution is -0.144. The fourth-order valence-electron chi connectivity index (χ4n) is 2.32. The van der Waals surface area contributed by atoms with Crippen LogP contribution in [0.1, 0.15) is 32.1 Å². The molecule has 5 nitrogen and oxygen atoms in total. The summed E-state index contributed by atoms with van der Waals surface area (Å²) < 4.78 is 35.8. The van der Waals surface area contributed by atoms with Crippen LogP contribution < -0.4 is 11.1 Å². The van der Waals surface area contributed by atoms with Crippen molar-refractivity contribution >= 4 is 11.8 Å². The summed E-state index contributed by atoms with van der Waals surface area (Å²) in [6.45, 7) is -1.82. The second kappa shape index (κ2) is 6.43. The number of nitrogens with two attached hydrogens (primary N) is 1. The van der Waals surface area contributed by atoms with Gasteiger partial charge in [-0.1, -0.05) is 19.3 Å². The number of carbonyl (C=O) groups excluding carboxylic acids is 2. The van der Waals surface area contributed by atoms with E-state index in [1.807, 2.05) is 0 Å². The third-order valence-corrected chi connectivity index (χ3v) is 3.39. The van der Waals surface area contributed by atoms with Crippen molar-refractivity contribution in [1.82, 2.24) is 10.2 Å². The van der Waals surface area contributed by atoms with Gasteiger partial charge in [-0.05, 0) is 12.8 Å². The highest BCUT2D eigenvalue weighted by atomic mass is 19.4. The first-order chi connectivity index (χ1) is 9.14. The molecule has 2 amide bonds. The van der Waals surface area contributed by atoms with Crippen molar-refractivity contribution in [2.75, 3.05) is 20.1 Å². The summed E-state index contributed by atoms with van der Waals surface area (Å²) in [7, 11) is 1.37. The van der Waals surface area contributed by atoms with E-state index in [0.717, 1.165) is 24.2 Å². The molecule has 1 aliphatic rings. The molecular weight excluding hydrogens is 275 g/mol. The molecular formula is C12H20F3N3O2. The fourth-order valence-corrected chi connectivity index (χ4v) is 2.32.